The molecule has 0 aliphatic heterocycles. The summed E-state index contributed by atoms with van der Waals surface area (Å²) in [7, 11) is 0. The van der Waals surface area contributed by atoms with Crippen LogP contribution < -0.4 is 5.73 Å². The van der Waals surface area contributed by atoms with Gasteiger partial charge in [-0.25, -0.2) is 0 Å². The van der Waals surface area contributed by atoms with Crippen molar-refractivity contribution < 1.29 is 4.74 Å². The Morgan fingerprint density at radius 2 is 1.75 bits per heavy atom. The van der Waals surface area contributed by atoms with E-state index in [1.165, 1.54) is 22.3 Å². The maximum absolute atomic E-state index is 6.06. The first kappa shape index (κ1) is 17.2. The number of nitrogens with zero attached hydrogens (tertiary/aromatic N) is 1. The fraction of sp³-hybridized carbons (Fsp3) is 0.647. The summed E-state index contributed by atoms with van der Waals surface area (Å²) in [4.78, 5) is 2.41. The highest BCUT2D eigenvalue weighted by Crippen LogP contribution is 2.25. The predicted molar refractivity (Wildman–Crippen MR) is 86.2 cm³/mol. The smallest absolute Gasteiger partial charge is 0.0593 e. The number of hydrogen-bond acceptors (Lipinski definition) is 3. The summed E-state index contributed by atoms with van der Waals surface area (Å²) in [5.41, 5.74) is 11.4. The number of likely N-dealkylation sites (N-methyl/N-ethyl adjacent to an activating group) is 1. The molecule has 0 fully saturated rings. The molecule has 0 radical (unpaired) electrons. The van der Waals surface area contributed by atoms with Crippen molar-refractivity contribution in [3.8, 4) is 0 Å². The fourth-order valence-corrected chi connectivity index (χ4v) is 2.68. The van der Waals surface area contributed by atoms with Crippen molar-refractivity contribution in [2.45, 2.75) is 40.7 Å². The predicted octanol–water partition coefficient (Wildman–Crippen LogP) is 2.97. The Labute approximate surface area is 124 Å². The van der Waals surface area contributed by atoms with E-state index in [1.807, 2.05) is 6.92 Å². The molecule has 0 aliphatic carbocycles. The summed E-state index contributed by atoms with van der Waals surface area (Å²) in [6.07, 6.45) is 0. The second-order valence-corrected chi connectivity index (χ2v) is 5.37. The SMILES string of the molecule is CCOCCN(CC)C(CN)c1cc(C)c(C)cc1C. The summed E-state index contributed by atoms with van der Waals surface area (Å²) in [5.74, 6) is 0. The second-order valence-electron chi connectivity index (χ2n) is 5.37. The first-order valence-electron chi connectivity index (χ1n) is 7.64. The molecule has 0 heterocycles. The van der Waals surface area contributed by atoms with Crippen LogP contribution in [0.15, 0.2) is 12.1 Å². The lowest BCUT2D eigenvalue weighted by Crippen LogP contribution is -2.36. The third kappa shape index (κ3) is 4.30. The molecule has 1 aromatic rings. The number of rotatable bonds is 8. The summed E-state index contributed by atoms with van der Waals surface area (Å²) < 4.78 is 5.49. The summed E-state index contributed by atoms with van der Waals surface area (Å²) in [6, 6.07) is 4.84. The van der Waals surface area contributed by atoms with Gasteiger partial charge in [0.05, 0.1) is 6.61 Å². The Morgan fingerprint density at radius 1 is 1.10 bits per heavy atom. The molecule has 1 aromatic carbocycles. The Hall–Kier alpha value is -0.900. The van der Waals surface area contributed by atoms with E-state index < -0.39 is 0 Å². The van der Waals surface area contributed by atoms with Crippen molar-refractivity contribution in [2.75, 3.05) is 32.8 Å². The summed E-state index contributed by atoms with van der Waals surface area (Å²) in [5, 5.41) is 0. The second kappa shape index (κ2) is 8.40. The highest BCUT2D eigenvalue weighted by Gasteiger charge is 2.19. The number of nitrogens with two attached hydrogens (primary N) is 1. The largest absolute Gasteiger partial charge is 0.380 e. The van der Waals surface area contributed by atoms with Gasteiger partial charge in [0.15, 0.2) is 0 Å². The minimum absolute atomic E-state index is 0.278. The summed E-state index contributed by atoms with van der Waals surface area (Å²) in [6.45, 7) is 14.8. The van der Waals surface area contributed by atoms with Gasteiger partial charge in [0.2, 0.25) is 0 Å². The van der Waals surface area contributed by atoms with E-state index in [-0.39, 0.29) is 6.04 Å². The summed E-state index contributed by atoms with van der Waals surface area (Å²) >= 11 is 0. The van der Waals surface area contributed by atoms with E-state index in [1.54, 1.807) is 0 Å². The van der Waals surface area contributed by atoms with E-state index in [4.69, 9.17) is 10.5 Å². The zero-order valence-corrected chi connectivity index (χ0v) is 13.7. The van der Waals surface area contributed by atoms with Gasteiger partial charge in [0, 0.05) is 25.7 Å². The van der Waals surface area contributed by atoms with Crippen molar-refractivity contribution in [3.63, 3.8) is 0 Å². The molecule has 0 bridgehead atoms. The van der Waals surface area contributed by atoms with Crippen LogP contribution in [0, 0.1) is 20.8 Å². The quantitative estimate of drug-likeness (QED) is 0.743. The van der Waals surface area contributed by atoms with Crippen LogP contribution in [0.5, 0.6) is 0 Å². The number of ether oxygens (including phenoxy) is 1. The maximum Gasteiger partial charge on any atom is 0.0593 e. The van der Waals surface area contributed by atoms with Gasteiger partial charge in [0.1, 0.15) is 0 Å². The van der Waals surface area contributed by atoms with E-state index in [9.17, 15) is 0 Å². The minimum atomic E-state index is 0.278. The fourth-order valence-electron chi connectivity index (χ4n) is 2.68. The van der Waals surface area contributed by atoms with Crippen molar-refractivity contribution in [3.05, 3.63) is 34.4 Å². The molecule has 0 amide bonds. The molecule has 3 nitrogen and oxygen atoms in total. The molecule has 1 atom stereocenters. The molecule has 3 heteroatoms. The Balaban J connectivity index is 2.95. The van der Waals surface area contributed by atoms with Gasteiger partial charge >= 0.3 is 0 Å². The Morgan fingerprint density at radius 3 is 2.30 bits per heavy atom. The minimum Gasteiger partial charge on any atom is -0.380 e. The van der Waals surface area contributed by atoms with Gasteiger partial charge in [-0.15, -0.1) is 0 Å². The molecule has 0 aromatic heterocycles. The van der Waals surface area contributed by atoms with E-state index >= 15 is 0 Å². The first-order chi connectivity index (χ1) is 9.54. The highest BCUT2D eigenvalue weighted by molar-refractivity contribution is 5.38. The van der Waals surface area contributed by atoms with Crippen molar-refractivity contribution in [2.24, 2.45) is 5.73 Å². The zero-order valence-electron chi connectivity index (χ0n) is 13.7. The van der Waals surface area contributed by atoms with Crippen LogP contribution in [-0.2, 0) is 4.74 Å². The van der Waals surface area contributed by atoms with E-state index in [2.05, 4.69) is 44.7 Å². The molecule has 2 N–H and O–H groups in total. The van der Waals surface area contributed by atoms with Gasteiger partial charge in [-0.2, -0.15) is 0 Å². The normalized spacial score (nSPS) is 12.9. The molecule has 0 spiro atoms. The van der Waals surface area contributed by atoms with Gasteiger partial charge in [0.25, 0.3) is 0 Å². The highest BCUT2D eigenvalue weighted by atomic mass is 16.5. The topological polar surface area (TPSA) is 38.5 Å². The lowest BCUT2D eigenvalue weighted by Gasteiger charge is -2.31. The maximum atomic E-state index is 6.06. The first-order valence-corrected chi connectivity index (χ1v) is 7.64. The average molecular weight is 278 g/mol. The number of benzene rings is 1. The molecule has 0 saturated heterocycles. The lowest BCUT2D eigenvalue weighted by molar-refractivity contribution is 0.0979. The van der Waals surface area contributed by atoms with Crippen molar-refractivity contribution in [1.29, 1.82) is 0 Å². The van der Waals surface area contributed by atoms with Crippen LogP contribution in [0.3, 0.4) is 0 Å². The molecular formula is C17H30N2O. The number of aryl methyl sites for hydroxylation is 3. The van der Waals surface area contributed by atoms with Crippen LogP contribution in [0.25, 0.3) is 0 Å². The van der Waals surface area contributed by atoms with Crippen LogP contribution in [0.2, 0.25) is 0 Å². The van der Waals surface area contributed by atoms with Gasteiger partial charge < -0.3 is 10.5 Å². The van der Waals surface area contributed by atoms with Crippen molar-refractivity contribution in [1.82, 2.24) is 4.90 Å². The Kier molecular flexibility index (Phi) is 7.20. The lowest BCUT2D eigenvalue weighted by atomic mass is 9.95. The van der Waals surface area contributed by atoms with Gasteiger partial charge in [-0.3, -0.25) is 4.90 Å². The Bertz CT molecular complexity index is 418. The average Bonchev–Trinajstić information content (AvgIpc) is 2.43. The van der Waals surface area contributed by atoms with E-state index in [0.717, 1.165) is 26.3 Å². The molecule has 0 saturated carbocycles. The van der Waals surface area contributed by atoms with Crippen LogP contribution in [0.1, 0.15) is 42.1 Å². The molecule has 114 valence electrons. The van der Waals surface area contributed by atoms with Gasteiger partial charge in [-0.1, -0.05) is 19.1 Å². The van der Waals surface area contributed by atoms with Crippen molar-refractivity contribution >= 4 is 0 Å². The number of hydrogen-bond donors (Lipinski definition) is 1. The zero-order chi connectivity index (χ0) is 15.1. The van der Waals surface area contributed by atoms with E-state index in [0.29, 0.717) is 6.54 Å². The third-order valence-electron chi connectivity index (χ3n) is 4.04. The monoisotopic (exact) mass is 278 g/mol. The molecule has 0 aliphatic rings. The standard InChI is InChI=1S/C17H30N2O/c1-6-19(8-9-20-7-2)17(12-18)16-11-14(4)13(3)10-15(16)5/h10-11,17H,6-9,12,18H2,1-5H3. The van der Waals surface area contributed by atoms with Gasteiger partial charge in [-0.05, 0) is 56.5 Å². The van der Waals surface area contributed by atoms with Crippen LogP contribution in [-0.4, -0.2) is 37.7 Å². The molecule has 1 unspecified atom stereocenters. The molecular weight excluding hydrogens is 248 g/mol. The third-order valence-corrected chi connectivity index (χ3v) is 4.04. The van der Waals surface area contributed by atoms with Crippen LogP contribution >= 0.6 is 0 Å². The molecule has 1 rings (SSSR count). The molecule has 20 heavy (non-hydrogen) atoms. The van der Waals surface area contributed by atoms with Crippen LogP contribution in [0.4, 0.5) is 0 Å².